The van der Waals surface area contributed by atoms with Gasteiger partial charge in [0.25, 0.3) is 0 Å². The van der Waals surface area contributed by atoms with Gasteiger partial charge in [-0.3, -0.25) is 0 Å². The van der Waals surface area contributed by atoms with Gasteiger partial charge in [-0.25, -0.2) is 8.78 Å². The third kappa shape index (κ3) is 3.70. The average Bonchev–Trinajstić information content (AvgIpc) is 2.48. The van der Waals surface area contributed by atoms with Crippen molar-refractivity contribution in [1.29, 1.82) is 0 Å². The molecular weight excluding hydrogens is 276 g/mol. The molecule has 2 aromatic rings. The molecule has 5 heteroatoms. The smallest absolute Gasteiger partial charge is 0.161 e. The van der Waals surface area contributed by atoms with Gasteiger partial charge < -0.3 is 15.2 Å². The van der Waals surface area contributed by atoms with E-state index in [1.54, 1.807) is 13.2 Å². The van der Waals surface area contributed by atoms with Gasteiger partial charge in [-0.05, 0) is 42.3 Å². The van der Waals surface area contributed by atoms with Crippen molar-refractivity contribution in [2.75, 3.05) is 13.7 Å². The van der Waals surface area contributed by atoms with Crippen LogP contribution < -0.4 is 15.2 Å². The predicted octanol–water partition coefficient (Wildman–Crippen LogP) is 3.36. The van der Waals surface area contributed by atoms with Gasteiger partial charge in [-0.15, -0.1) is 0 Å². The average molecular weight is 293 g/mol. The highest BCUT2D eigenvalue weighted by Gasteiger charge is 2.12. The van der Waals surface area contributed by atoms with Gasteiger partial charge in [-0.1, -0.05) is 12.1 Å². The van der Waals surface area contributed by atoms with Crippen LogP contribution in [0.2, 0.25) is 0 Å². The highest BCUT2D eigenvalue weighted by Crippen LogP contribution is 2.28. The van der Waals surface area contributed by atoms with E-state index >= 15 is 0 Å². The van der Waals surface area contributed by atoms with Crippen LogP contribution in [0.4, 0.5) is 8.78 Å². The quantitative estimate of drug-likeness (QED) is 0.919. The summed E-state index contributed by atoms with van der Waals surface area (Å²) in [7, 11) is 1.55. The second-order valence-electron chi connectivity index (χ2n) is 4.75. The Labute approximate surface area is 122 Å². The minimum Gasteiger partial charge on any atom is -0.493 e. The molecule has 0 spiro atoms. The molecule has 0 aliphatic rings. The van der Waals surface area contributed by atoms with Crippen molar-refractivity contribution in [3.05, 3.63) is 59.2 Å². The zero-order valence-corrected chi connectivity index (χ0v) is 11.9. The van der Waals surface area contributed by atoms with Gasteiger partial charge in [-0.2, -0.15) is 0 Å². The van der Waals surface area contributed by atoms with Crippen LogP contribution in [0, 0.1) is 18.6 Å². The van der Waals surface area contributed by atoms with Gasteiger partial charge in [0.2, 0.25) is 0 Å². The molecule has 2 aromatic carbocycles. The molecule has 0 heterocycles. The van der Waals surface area contributed by atoms with Crippen LogP contribution >= 0.6 is 0 Å². The summed E-state index contributed by atoms with van der Waals surface area (Å²) >= 11 is 0. The second kappa shape index (κ2) is 6.54. The van der Waals surface area contributed by atoms with Crippen molar-refractivity contribution in [3.8, 4) is 11.5 Å². The van der Waals surface area contributed by atoms with Crippen LogP contribution in [0.25, 0.3) is 0 Å². The first kappa shape index (κ1) is 15.3. The van der Waals surface area contributed by atoms with Gasteiger partial charge in [0.1, 0.15) is 6.61 Å². The Morgan fingerprint density at radius 1 is 1.05 bits per heavy atom. The van der Waals surface area contributed by atoms with E-state index in [0.717, 1.165) is 17.7 Å². The Hall–Kier alpha value is -2.14. The first-order valence-electron chi connectivity index (χ1n) is 6.49. The Morgan fingerprint density at radius 2 is 1.81 bits per heavy atom. The molecule has 0 saturated heterocycles. The molecular formula is C16H17F2NO2. The van der Waals surface area contributed by atoms with E-state index in [1.165, 1.54) is 6.07 Å². The SMILES string of the molecule is COc1cc(C)ccc1OCC(N)c1ccc(F)c(F)c1. The number of nitrogens with two attached hydrogens (primary N) is 1. The van der Waals surface area contributed by atoms with Crippen LogP contribution in [0.15, 0.2) is 36.4 Å². The Kier molecular flexibility index (Phi) is 4.75. The number of hydrogen-bond donors (Lipinski definition) is 1. The highest BCUT2D eigenvalue weighted by molar-refractivity contribution is 5.42. The number of methoxy groups -OCH3 is 1. The highest BCUT2D eigenvalue weighted by atomic mass is 19.2. The van der Waals surface area contributed by atoms with E-state index < -0.39 is 17.7 Å². The summed E-state index contributed by atoms with van der Waals surface area (Å²) in [5.74, 6) is -0.656. The monoisotopic (exact) mass is 293 g/mol. The third-order valence-electron chi connectivity index (χ3n) is 3.11. The molecule has 0 aliphatic heterocycles. The molecule has 0 saturated carbocycles. The van der Waals surface area contributed by atoms with Crippen molar-refractivity contribution < 1.29 is 18.3 Å². The van der Waals surface area contributed by atoms with Gasteiger partial charge in [0, 0.05) is 0 Å². The number of aryl methyl sites for hydroxylation is 1. The molecule has 2 rings (SSSR count). The molecule has 3 nitrogen and oxygen atoms in total. The van der Waals surface area contributed by atoms with Crippen molar-refractivity contribution in [2.24, 2.45) is 5.73 Å². The molecule has 1 atom stereocenters. The van der Waals surface area contributed by atoms with Gasteiger partial charge in [0.05, 0.1) is 13.2 Å². The van der Waals surface area contributed by atoms with Crippen LogP contribution in [0.3, 0.4) is 0 Å². The molecule has 0 fully saturated rings. The lowest BCUT2D eigenvalue weighted by Gasteiger charge is -2.16. The topological polar surface area (TPSA) is 44.5 Å². The summed E-state index contributed by atoms with van der Waals surface area (Å²) in [5.41, 5.74) is 7.45. The maximum Gasteiger partial charge on any atom is 0.161 e. The lowest BCUT2D eigenvalue weighted by molar-refractivity contribution is 0.273. The molecule has 1 unspecified atom stereocenters. The fourth-order valence-corrected chi connectivity index (χ4v) is 1.91. The second-order valence-corrected chi connectivity index (χ2v) is 4.75. The zero-order valence-electron chi connectivity index (χ0n) is 11.9. The van der Waals surface area contributed by atoms with E-state index in [1.807, 2.05) is 19.1 Å². The van der Waals surface area contributed by atoms with Crippen LogP contribution in [0.1, 0.15) is 17.2 Å². The fourth-order valence-electron chi connectivity index (χ4n) is 1.91. The van der Waals surface area contributed by atoms with Crippen LogP contribution in [0.5, 0.6) is 11.5 Å². The fraction of sp³-hybridized carbons (Fsp3) is 0.250. The molecule has 112 valence electrons. The van der Waals surface area contributed by atoms with Crippen LogP contribution in [-0.4, -0.2) is 13.7 Å². The molecule has 0 aromatic heterocycles. The predicted molar refractivity (Wildman–Crippen MR) is 76.5 cm³/mol. The van der Waals surface area contributed by atoms with Crippen molar-refractivity contribution in [2.45, 2.75) is 13.0 Å². The normalized spacial score (nSPS) is 12.0. The summed E-state index contributed by atoms with van der Waals surface area (Å²) in [5, 5.41) is 0. The lowest BCUT2D eigenvalue weighted by atomic mass is 10.1. The molecule has 0 amide bonds. The Morgan fingerprint density at radius 3 is 2.48 bits per heavy atom. The van der Waals surface area contributed by atoms with Gasteiger partial charge in [0.15, 0.2) is 23.1 Å². The molecule has 21 heavy (non-hydrogen) atoms. The molecule has 0 aliphatic carbocycles. The minimum atomic E-state index is -0.920. The number of ether oxygens (including phenoxy) is 2. The van der Waals surface area contributed by atoms with Crippen LogP contribution in [-0.2, 0) is 0 Å². The van der Waals surface area contributed by atoms with E-state index in [9.17, 15) is 8.78 Å². The zero-order chi connectivity index (χ0) is 15.4. The number of benzene rings is 2. The summed E-state index contributed by atoms with van der Waals surface area (Å²) in [4.78, 5) is 0. The van der Waals surface area contributed by atoms with Crippen molar-refractivity contribution in [1.82, 2.24) is 0 Å². The maximum atomic E-state index is 13.2. The number of halogens is 2. The first-order chi connectivity index (χ1) is 10.0. The van der Waals surface area contributed by atoms with Gasteiger partial charge >= 0.3 is 0 Å². The standard InChI is InChI=1S/C16H17F2NO2/c1-10-3-6-15(16(7-10)20-2)21-9-14(19)11-4-5-12(17)13(18)8-11/h3-8,14H,9,19H2,1-2H3. The summed E-state index contributed by atoms with van der Waals surface area (Å²) in [6, 6.07) is 8.53. The van der Waals surface area contributed by atoms with Crippen molar-refractivity contribution >= 4 is 0 Å². The summed E-state index contributed by atoms with van der Waals surface area (Å²) in [6.07, 6.45) is 0. The van der Waals surface area contributed by atoms with E-state index in [4.69, 9.17) is 15.2 Å². The molecule has 0 bridgehead atoms. The summed E-state index contributed by atoms with van der Waals surface area (Å²) in [6.45, 7) is 2.07. The number of hydrogen-bond acceptors (Lipinski definition) is 3. The minimum absolute atomic E-state index is 0.129. The first-order valence-corrected chi connectivity index (χ1v) is 6.49. The number of rotatable bonds is 5. The largest absolute Gasteiger partial charge is 0.493 e. The summed E-state index contributed by atoms with van der Waals surface area (Å²) < 4.78 is 36.9. The molecule has 2 N–H and O–H groups in total. The maximum absolute atomic E-state index is 13.2. The Bertz CT molecular complexity index is 632. The van der Waals surface area contributed by atoms with E-state index in [2.05, 4.69) is 0 Å². The van der Waals surface area contributed by atoms with Crippen molar-refractivity contribution in [3.63, 3.8) is 0 Å². The van der Waals surface area contributed by atoms with E-state index in [-0.39, 0.29) is 6.61 Å². The van der Waals surface area contributed by atoms with E-state index in [0.29, 0.717) is 17.1 Å². The third-order valence-corrected chi connectivity index (χ3v) is 3.11. The Balaban J connectivity index is 2.07. The lowest BCUT2D eigenvalue weighted by Crippen LogP contribution is -2.19. The molecule has 0 radical (unpaired) electrons.